The van der Waals surface area contributed by atoms with Crippen LogP contribution in [0.5, 0.6) is 5.75 Å². The zero-order valence-corrected chi connectivity index (χ0v) is 21.0. The van der Waals surface area contributed by atoms with Crippen LogP contribution in [0.25, 0.3) is 0 Å². The van der Waals surface area contributed by atoms with Gasteiger partial charge in [0, 0.05) is 51.0 Å². The van der Waals surface area contributed by atoms with Crippen molar-refractivity contribution in [3.8, 4) is 5.75 Å². The van der Waals surface area contributed by atoms with Crippen molar-refractivity contribution in [2.75, 3.05) is 38.1 Å². The Morgan fingerprint density at radius 1 is 0.833 bits per heavy atom. The number of halogens is 2. The Balaban J connectivity index is 1.46. The lowest BCUT2D eigenvalue weighted by Crippen LogP contribution is -2.45. The molecule has 0 spiro atoms. The Kier molecular flexibility index (Phi) is 7.83. The molecule has 3 aromatic rings. The van der Waals surface area contributed by atoms with Gasteiger partial charge < -0.3 is 14.5 Å². The van der Waals surface area contributed by atoms with Crippen molar-refractivity contribution < 1.29 is 13.5 Å². The SMILES string of the molecule is CN1CCN(c2ccc(OC(F)F)c3c2C[C@H](N(Cc2ccccc2)Cc2ccccc2)CC3)CC1. The van der Waals surface area contributed by atoms with E-state index >= 15 is 0 Å². The number of hydrogen-bond donors (Lipinski definition) is 0. The molecule has 0 unspecified atom stereocenters. The van der Waals surface area contributed by atoms with Crippen LogP contribution < -0.4 is 9.64 Å². The van der Waals surface area contributed by atoms with Crippen LogP contribution in [0, 0.1) is 0 Å². The first-order valence-electron chi connectivity index (χ1n) is 12.9. The molecular weight excluding hydrogens is 456 g/mol. The predicted molar refractivity (Wildman–Crippen MR) is 141 cm³/mol. The first-order chi connectivity index (χ1) is 17.6. The van der Waals surface area contributed by atoms with Gasteiger partial charge in [-0.25, -0.2) is 0 Å². The Morgan fingerprint density at radius 2 is 1.44 bits per heavy atom. The molecule has 190 valence electrons. The second kappa shape index (κ2) is 11.4. The predicted octanol–water partition coefficient (Wildman–Crippen LogP) is 5.60. The smallest absolute Gasteiger partial charge is 0.387 e. The molecule has 0 amide bonds. The van der Waals surface area contributed by atoms with Crippen LogP contribution in [0.4, 0.5) is 14.5 Å². The number of hydrogen-bond acceptors (Lipinski definition) is 4. The summed E-state index contributed by atoms with van der Waals surface area (Å²) in [6.07, 6.45) is 2.49. The highest BCUT2D eigenvalue weighted by Crippen LogP contribution is 2.39. The average molecular weight is 492 g/mol. The second-order valence-corrected chi connectivity index (χ2v) is 9.98. The highest BCUT2D eigenvalue weighted by atomic mass is 19.3. The molecule has 5 rings (SSSR count). The normalized spacial score (nSPS) is 18.5. The highest BCUT2D eigenvalue weighted by Gasteiger charge is 2.31. The molecule has 1 atom stereocenters. The molecule has 36 heavy (non-hydrogen) atoms. The van der Waals surface area contributed by atoms with Gasteiger partial charge in [-0.2, -0.15) is 8.78 Å². The van der Waals surface area contributed by atoms with E-state index in [4.69, 9.17) is 4.74 Å². The van der Waals surface area contributed by atoms with Crippen LogP contribution >= 0.6 is 0 Å². The van der Waals surface area contributed by atoms with Crippen LogP contribution in [-0.4, -0.2) is 55.7 Å². The summed E-state index contributed by atoms with van der Waals surface area (Å²) in [5, 5.41) is 0. The molecule has 1 saturated heterocycles. The topological polar surface area (TPSA) is 19.0 Å². The molecule has 6 heteroatoms. The molecule has 0 N–H and O–H groups in total. The minimum Gasteiger partial charge on any atom is -0.435 e. The van der Waals surface area contributed by atoms with E-state index in [0.29, 0.717) is 11.8 Å². The monoisotopic (exact) mass is 491 g/mol. The summed E-state index contributed by atoms with van der Waals surface area (Å²) in [5.74, 6) is 0.342. The maximum atomic E-state index is 13.2. The van der Waals surface area contributed by atoms with Gasteiger partial charge in [-0.1, -0.05) is 60.7 Å². The standard InChI is InChI=1S/C30H35F2N3O/c1-33-16-18-34(19-17-33)28-14-15-29(36-30(31)32)26-13-12-25(20-27(26)28)35(21-23-8-4-2-5-9-23)22-24-10-6-3-7-11-24/h2-11,14-15,25,30H,12-13,16-22H2,1H3/t25-/m1/s1. The van der Waals surface area contributed by atoms with Gasteiger partial charge in [0.1, 0.15) is 5.75 Å². The third kappa shape index (κ3) is 5.88. The van der Waals surface area contributed by atoms with E-state index in [1.54, 1.807) is 6.07 Å². The average Bonchev–Trinajstić information content (AvgIpc) is 2.90. The second-order valence-electron chi connectivity index (χ2n) is 9.98. The van der Waals surface area contributed by atoms with Crippen molar-refractivity contribution in [3.63, 3.8) is 0 Å². The van der Waals surface area contributed by atoms with Crippen molar-refractivity contribution >= 4 is 5.69 Å². The van der Waals surface area contributed by atoms with Crippen molar-refractivity contribution in [1.82, 2.24) is 9.80 Å². The summed E-state index contributed by atoms with van der Waals surface area (Å²) in [4.78, 5) is 7.32. The number of piperazine rings is 1. The van der Waals surface area contributed by atoms with E-state index in [9.17, 15) is 8.78 Å². The first-order valence-corrected chi connectivity index (χ1v) is 12.9. The van der Waals surface area contributed by atoms with Crippen molar-refractivity contribution in [2.45, 2.75) is 45.0 Å². The van der Waals surface area contributed by atoms with E-state index in [-0.39, 0.29) is 0 Å². The van der Waals surface area contributed by atoms with Gasteiger partial charge in [0.15, 0.2) is 0 Å². The van der Waals surface area contributed by atoms with E-state index in [2.05, 4.69) is 82.4 Å². The molecule has 1 fully saturated rings. The molecule has 1 aliphatic heterocycles. The molecule has 4 nitrogen and oxygen atoms in total. The maximum Gasteiger partial charge on any atom is 0.387 e. The Labute approximate surface area is 213 Å². The summed E-state index contributed by atoms with van der Waals surface area (Å²) in [5.41, 5.74) is 5.90. The number of likely N-dealkylation sites (N-methyl/N-ethyl adjacent to an activating group) is 1. The lowest BCUT2D eigenvalue weighted by molar-refractivity contribution is -0.0506. The number of anilines is 1. The van der Waals surface area contributed by atoms with Crippen LogP contribution in [0.15, 0.2) is 72.8 Å². The fourth-order valence-corrected chi connectivity index (χ4v) is 5.62. The number of alkyl halides is 2. The van der Waals surface area contributed by atoms with E-state index in [1.807, 2.05) is 6.07 Å². The van der Waals surface area contributed by atoms with Crippen LogP contribution in [-0.2, 0) is 25.9 Å². The maximum absolute atomic E-state index is 13.2. The van der Waals surface area contributed by atoms with Crippen LogP contribution in [0.1, 0.15) is 28.7 Å². The lowest BCUT2D eigenvalue weighted by atomic mass is 9.85. The van der Waals surface area contributed by atoms with Crippen molar-refractivity contribution in [2.24, 2.45) is 0 Å². The molecule has 0 saturated carbocycles. The summed E-state index contributed by atoms with van der Waals surface area (Å²) in [6.45, 7) is 2.79. The largest absolute Gasteiger partial charge is 0.435 e. The molecule has 3 aromatic carbocycles. The highest BCUT2D eigenvalue weighted by molar-refractivity contribution is 5.62. The van der Waals surface area contributed by atoms with Gasteiger partial charge in [0.05, 0.1) is 0 Å². The van der Waals surface area contributed by atoms with Gasteiger partial charge in [0.2, 0.25) is 0 Å². The lowest BCUT2D eigenvalue weighted by Gasteiger charge is -2.40. The first kappa shape index (κ1) is 24.7. The fraction of sp³-hybridized carbons (Fsp3) is 0.400. The summed E-state index contributed by atoms with van der Waals surface area (Å²) in [6, 6.07) is 25.2. The number of benzene rings is 3. The number of fused-ring (bicyclic) bond motifs is 1. The molecule has 0 radical (unpaired) electrons. The molecule has 0 bridgehead atoms. The number of nitrogens with zero attached hydrogens (tertiary/aromatic N) is 3. The molecule has 2 aliphatic rings. The van der Waals surface area contributed by atoms with Gasteiger partial charge in [-0.15, -0.1) is 0 Å². The summed E-state index contributed by atoms with van der Waals surface area (Å²) in [7, 11) is 2.15. The Morgan fingerprint density at radius 3 is 2.03 bits per heavy atom. The molecule has 0 aromatic heterocycles. The van der Waals surface area contributed by atoms with Gasteiger partial charge in [0.25, 0.3) is 0 Å². The minimum atomic E-state index is -2.81. The Hall–Kier alpha value is -2.96. The molecule has 1 heterocycles. The Bertz CT molecular complexity index is 1080. The fourth-order valence-electron chi connectivity index (χ4n) is 5.62. The number of rotatable bonds is 8. The van der Waals surface area contributed by atoms with Crippen LogP contribution in [0.2, 0.25) is 0 Å². The zero-order chi connectivity index (χ0) is 24.9. The third-order valence-electron chi connectivity index (χ3n) is 7.56. The van der Waals surface area contributed by atoms with Gasteiger partial charge in [-0.05, 0) is 60.7 Å². The van der Waals surface area contributed by atoms with Crippen LogP contribution in [0.3, 0.4) is 0 Å². The minimum absolute atomic E-state index is 0.311. The van der Waals surface area contributed by atoms with Gasteiger partial charge >= 0.3 is 6.61 Å². The van der Waals surface area contributed by atoms with Crippen molar-refractivity contribution in [1.29, 1.82) is 0 Å². The van der Waals surface area contributed by atoms with E-state index in [1.165, 1.54) is 22.4 Å². The molecular formula is C30H35F2N3O. The quantitative estimate of drug-likeness (QED) is 0.408. The zero-order valence-electron chi connectivity index (χ0n) is 21.0. The third-order valence-corrected chi connectivity index (χ3v) is 7.56. The van der Waals surface area contributed by atoms with Gasteiger partial charge in [-0.3, -0.25) is 4.90 Å². The van der Waals surface area contributed by atoms with E-state index in [0.717, 1.165) is 64.1 Å². The summed E-state index contributed by atoms with van der Waals surface area (Å²) < 4.78 is 31.4. The molecule has 1 aliphatic carbocycles. The number of ether oxygens (including phenoxy) is 1. The summed E-state index contributed by atoms with van der Waals surface area (Å²) >= 11 is 0. The van der Waals surface area contributed by atoms with Crippen molar-refractivity contribution in [3.05, 3.63) is 95.1 Å². The van der Waals surface area contributed by atoms with E-state index < -0.39 is 6.61 Å².